The first-order valence-electron chi connectivity index (χ1n) is 8.95. The SMILES string of the molecule is CCNCC1CCN(C(=O)CC2OCCc3ccccc32)CC1.Cl. The van der Waals surface area contributed by atoms with Crippen molar-refractivity contribution in [3.63, 3.8) is 0 Å². The minimum Gasteiger partial charge on any atom is -0.373 e. The summed E-state index contributed by atoms with van der Waals surface area (Å²) in [6, 6.07) is 8.37. The zero-order valence-corrected chi connectivity index (χ0v) is 15.3. The number of piperidine rings is 1. The largest absolute Gasteiger partial charge is 0.373 e. The molecule has 0 radical (unpaired) electrons. The number of nitrogens with one attached hydrogen (secondary N) is 1. The lowest BCUT2D eigenvalue weighted by Gasteiger charge is -2.34. The first-order chi connectivity index (χ1) is 11.3. The van der Waals surface area contributed by atoms with Crippen molar-refractivity contribution in [2.75, 3.05) is 32.8 Å². The van der Waals surface area contributed by atoms with Gasteiger partial charge in [-0.05, 0) is 49.4 Å². The Labute approximate surface area is 151 Å². The summed E-state index contributed by atoms with van der Waals surface area (Å²) in [5, 5.41) is 3.42. The normalized spacial score (nSPS) is 21.0. The average molecular weight is 353 g/mol. The number of fused-ring (bicyclic) bond motifs is 1. The molecule has 5 heteroatoms. The van der Waals surface area contributed by atoms with Crippen LogP contribution in [0.3, 0.4) is 0 Å². The molecule has 1 fully saturated rings. The maximum atomic E-state index is 12.6. The molecule has 1 amide bonds. The summed E-state index contributed by atoms with van der Waals surface area (Å²) in [5.74, 6) is 0.958. The van der Waals surface area contributed by atoms with E-state index in [0.717, 1.165) is 52.0 Å². The second-order valence-electron chi connectivity index (χ2n) is 6.64. The Hall–Kier alpha value is -1.10. The van der Waals surface area contributed by atoms with Gasteiger partial charge in [-0.2, -0.15) is 0 Å². The molecule has 2 aliphatic rings. The van der Waals surface area contributed by atoms with Gasteiger partial charge in [0.25, 0.3) is 0 Å². The van der Waals surface area contributed by atoms with Crippen molar-refractivity contribution in [3.05, 3.63) is 35.4 Å². The molecule has 1 atom stereocenters. The molecule has 0 aromatic heterocycles. The lowest BCUT2D eigenvalue weighted by atomic mass is 9.94. The van der Waals surface area contributed by atoms with Crippen molar-refractivity contribution in [2.24, 2.45) is 5.92 Å². The number of likely N-dealkylation sites (tertiary alicyclic amines) is 1. The number of benzene rings is 1. The number of ether oxygens (including phenoxy) is 1. The van der Waals surface area contributed by atoms with Crippen LogP contribution in [0.15, 0.2) is 24.3 Å². The lowest BCUT2D eigenvalue weighted by Crippen LogP contribution is -2.41. The third-order valence-electron chi connectivity index (χ3n) is 5.10. The van der Waals surface area contributed by atoms with E-state index in [1.54, 1.807) is 0 Å². The van der Waals surface area contributed by atoms with E-state index in [0.29, 0.717) is 12.3 Å². The fourth-order valence-corrected chi connectivity index (χ4v) is 3.67. The molecule has 0 spiro atoms. The molecule has 24 heavy (non-hydrogen) atoms. The Morgan fingerprint density at radius 1 is 1.29 bits per heavy atom. The van der Waals surface area contributed by atoms with Crippen LogP contribution in [0.5, 0.6) is 0 Å². The number of hydrogen-bond donors (Lipinski definition) is 1. The Bertz CT molecular complexity index is 530. The standard InChI is InChI=1S/C19H28N2O2.ClH/c1-2-20-14-15-7-10-21(11-8-15)19(22)13-18-17-6-4-3-5-16(17)9-12-23-18;/h3-6,15,18,20H,2,7-14H2,1H3;1H. The number of amides is 1. The highest BCUT2D eigenvalue weighted by Gasteiger charge is 2.27. The summed E-state index contributed by atoms with van der Waals surface area (Å²) in [4.78, 5) is 14.7. The molecule has 1 N–H and O–H groups in total. The van der Waals surface area contributed by atoms with Gasteiger partial charge >= 0.3 is 0 Å². The number of carbonyl (C=O) groups is 1. The second kappa shape index (κ2) is 9.40. The summed E-state index contributed by atoms with van der Waals surface area (Å²) in [7, 11) is 0. The smallest absolute Gasteiger partial charge is 0.225 e. The summed E-state index contributed by atoms with van der Waals surface area (Å²) >= 11 is 0. The van der Waals surface area contributed by atoms with Crippen molar-refractivity contribution in [1.82, 2.24) is 10.2 Å². The van der Waals surface area contributed by atoms with E-state index in [-0.39, 0.29) is 24.4 Å². The molecule has 0 bridgehead atoms. The highest BCUT2D eigenvalue weighted by atomic mass is 35.5. The van der Waals surface area contributed by atoms with Crippen LogP contribution < -0.4 is 5.32 Å². The minimum absolute atomic E-state index is 0. The fourth-order valence-electron chi connectivity index (χ4n) is 3.67. The van der Waals surface area contributed by atoms with E-state index in [9.17, 15) is 4.79 Å². The maximum absolute atomic E-state index is 12.6. The van der Waals surface area contributed by atoms with Crippen LogP contribution >= 0.6 is 12.4 Å². The van der Waals surface area contributed by atoms with Crippen LogP contribution in [-0.2, 0) is 16.0 Å². The molecule has 2 aliphatic heterocycles. The van der Waals surface area contributed by atoms with Gasteiger partial charge in [0, 0.05) is 13.1 Å². The van der Waals surface area contributed by atoms with E-state index >= 15 is 0 Å². The third-order valence-corrected chi connectivity index (χ3v) is 5.10. The van der Waals surface area contributed by atoms with E-state index in [2.05, 4.69) is 30.4 Å². The first kappa shape index (κ1) is 19.2. The zero-order chi connectivity index (χ0) is 16.1. The van der Waals surface area contributed by atoms with Crippen LogP contribution in [0.4, 0.5) is 0 Å². The van der Waals surface area contributed by atoms with Gasteiger partial charge in [0.2, 0.25) is 5.91 Å². The van der Waals surface area contributed by atoms with E-state index in [1.165, 1.54) is 11.1 Å². The number of nitrogens with zero attached hydrogens (tertiary/aromatic N) is 1. The molecular weight excluding hydrogens is 324 g/mol. The fraction of sp³-hybridized carbons (Fsp3) is 0.632. The van der Waals surface area contributed by atoms with Crippen LogP contribution in [0.25, 0.3) is 0 Å². The van der Waals surface area contributed by atoms with Crippen LogP contribution in [0, 0.1) is 5.92 Å². The summed E-state index contributed by atoms with van der Waals surface area (Å²) in [6.07, 6.45) is 3.60. The molecule has 1 aromatic rings. The quantitative estimate of drug-likeness (QED) is 0.885. The molecular formula is C19H29ClN2O2. The van der Waals surface area contributed by atoms with Crippen molar-refractivity contribution in [3.8, 4) is 0 Å². The maximum Gasteiger partial charge on any atom is 0.225 e. The average Bonchev–Trinajstić information content (AvgIpc) is 2.60. The zero-order valence-electron chi connectivity index (χ0n) is 14.5. The molecule has 4 nitrogen and oxygen atoms in total. The van der Waals surface area contributed by atoms with Gasteiger partial charge < -0.3 is 15.0 Å². The highest BCUT2D eigenvalue weighted by molar-refractivity contribution is 5.85. The third kappa shape index (κ3) is 4.71. The molecule has 0 aliphatic carbocycles. The Kier molecular flexibility index (Phi) is 7.53. The molecule has 1 saturated heterocycles. The number of hydrogen-bond acceptors (Lipinski definition) is 3. The second-order valence-corrected chi connectivity index (χ2v) is 6.64. The predicted molar refractivity (Wildman–Crippen MR) is 98.6 cm³/mol. The number of rotatable bonds is 5. The lowest BCUT2D eigenvalue weighted by molar-refractivity contribution is -0.136. The van der Waals surface area contributed by atoms with Crippen molar-refractivity contribution in [1.29, 1.82) is 0 Å². The summed E-state index contributed by atoms with van der Waals surface area (Å²) in [6.45, 7) is 6.75. The highest BCUT2D eigenvalue weighted by Crippen LogP contribution is 2.30. The Morgan fingerprint density at radius 3 is 2.79 bits per heavy atom. The van der Waals surface area contributed by atoms with Crippen LogP contribution in [-0.4, -0.2) is 43.6 Å². The molecule has 2 heterocycles. The van der Waals surface area contributed by atoms with E-state index in [4.69, 9.17) is 4.74 Å². The van der Waals surface area contributed by atoms with E-state index < -0.39 is 0 Å². The van der Waals surface area contributed by atoms with Crippen LogP contribution in [0.2, 0.25) is 0 Å². The van der Waals surface area contributed by atoms with Gasteiger partial charge in [-0.1, -0.05) is 31.2 Å². The summed E-state index contributed by atoms with van der Waals surface area (Å²) in [5.41, 5.74) is 2.54. The first-order valence-corrected chi connectivity index (χ1v) is 8.95. The minimum atomic E-state index is -0.0630. The Balaban J connectivity index is 0.00000208. The van der Waals surface area contributed by atoms with Crippen LogP contribution in [0.1, 0.15) is 43.4 Å². The molecule has 3 rings (SSSR count). The molecule has 1 aromatic carbocycles. The Morgan fingerprint density at radius 2 is 2.04 bits per heavy atom. The molecule has 134 valence electrons. The topological polar surface area (TPSA) is 41.6 Å². The van der Waals surface area contributed by atoms with Crippen molar-refractivity contribution in [2.45, 2.75) is 38.7 Å². The van der Waals surface area contributed by atoms with Gasteiger partial charge in [0.15, 0.2) is 0 Å². The van der Waals surface area contributed by atoms with E-state index in [1.807, 2.05) is 11.0 Å². The van der Waals surface area contributed by atoms with Gasteiger partial charge in [0.05, 0.1) is 19.1 Å². The van der Waals surface area contributed by atoms with Gasteiger partial charge in [-0.25, -0.2) is 0 Å². The van der Waals surface area contributed by atoms with Gasteiger partial charge in [0.1, 0.15) is 0 Å². The number of carbonyl (C=O) groups excluding carboxylic acids is 1. The van der Waals surface area contributed by atoms with Crippen molar-refractivity contribution >= 4 is 18.3 Å². The molecule has 1 unspecified atom stereocenters. The summed E-state index contributed by atoms with van der Waals surface area (Å²) < 4.78 is 5.88. The monoisotopic (exact) mass is 352 g/mol. The molecule has 0 saturated carbocycles. The van der Waals surface area contributed by atoms with Crippen molar-refractivity contribution < 1.29 is 9.53 Å². The number of halogens is 1. The van der Waals surface area contributed by atoms with Gasteiger partial charge in [-0.3, -0.25) is 4.79 Å². The van der Waals surface area contributed by atoms with Gasteiger partial charge in [-0.15, -0.1) is 12.4 Å². The predicted octanol–water partition coefficient (Wildman–Crippen LogP) is 2.96.